The Hall–Kier alpha value is -3.74. The van der Waals surface area contributed by atoms with E-state index in [1.54, 1.807) is 24.3 Å². The Morgan fingerprint density at radius 3 is 2.46 bits per heavy atom. The predicted molar refractivity (Wildman–Crippen MR) is 101 cm³/mol. The highest BCUT2D eigenvalue weighted by molar-refractivity contribution is 6.14. The summed E-state index contributed by atoms with van der Waals surface area (Å²) in [6.07, 6.45) is 0. The average molecular weight is 347 g/mol. The Morgan fingerprint density at radius 2 is 1.81 bits per heavy atom. The SMILES string of the molecule is CC(=O)Nc1cccc2c(C(=O)NC(=N)N)cc(-c3ccccc3)nc12. The van der Waals surface area contributed by atoms with Gasteiger partial charge in [0.1, 0.15) is 0 Å². The van der Waals surface area contributed by atoms with E-state index >= 15 is 0 Å². The molecule has 0 aliphatic heterocycles. The number of aromatic nitrogens is 1. The molecule has 0 aliphatic rings. The number of anilines is 1. The molecule has 26 heavy (non-hydrogen) atoms. The van der Waals surface area contributed by atoms with Gasteiger partial charge in [0.2, 0.25) is 5.91 Å². The molecule has 0 unspecified atom stereocenters. The number of nitrogens with one attached hydrogen (secondary N) is 3. The molecular weight excluding hydrogens is 330 g/mol. The average Bonchev–Trinajstić information content (AvgIpc) is 2.61. The van der Waals surface area contributed by atoms with Crippen LogP contribution in [0.15, 0.2) is 54.6 Å². The standard InChI is InChI=1S/C19H17N5O2/c1-11(25)22-15-9-5-8-13-14(18(26)24-19(20)21)10-16(23-17(13)15)12-6-3-2-4-7-12/h2-10H,1H3,(H,22,25)(H4,20,21,24,26). The number of guanidine groups is 1. The largest absolute Gasteiger partial charge is 0.370 e. The maximum absolute atomic E-state index is 12.5. The number of rotatable bonds is 3. The second kappa shape index (κ2) is 7.02. The molecule has 3 rings (SSSR count). The number of carbonyl (C=O) groups is 2. The van der Waals surface area contributed by atoms with Gasteiger partial charge in [-0.1, -0.05) is 42.5 Å². The van der Waals surface area contributed by atoms with Crippen molar-refractivity contribution in [3.63, 3.8) is 0 Å². The van der Waals surface area contributed by atoms with Gasteiger partial charge in [-0.2, -0.15) is 0 Å². The van der Waals surface area contributed by atoms with E-state index in [1.165, 1.54) is 6.92 Å². The van der Waals surface area contributed by atoms with Gasteiger partial charge in [0.05, 0.1) is 22.5 Å². The minimum atomic E-state index is -0.512. The Kier molecular flexibility index (Phi) is 4.62. The van der Waals surface area contributed by atoms with Crippen LogP contribution in [0, 0.1) is 5.41 Å². The molecule has 0 fully saturated rings. The zero-order chi connectivity index (χ0) is 18.7. The lowest BCUT2D eigenvalue weighted by molar-refractivity contribution is -0.114. The van der Waals surface area contributed by atoms with E-state index in [0.717, 1.165) is 5.56 Å². The summed E-state index contributed by atoms with van der Waals surface area (Å²) in [6.45, 7) is 1.41. The third-order valence-corrected chi connectivity index (χ3v) is 3.71. The maximum atomic E-state index is 12.5. The lowest BCUT2D eigenvalue weighted by atomic mass is 10.0. The van der Waals surface area contributed by atoms with E-state index in [4.69, 9.17) is 11.1 Å². The topological polar surface area (TPSA) is 121 Å². The lowest BCUT2D eigenvalue weighted by Gasteiger charge is -2.13. The summed E-state index contributed by atoms with van der Waals surface area (Å²) in [7, 11) is 0. The third-order valence-electron chi connectivity index (χ3n) is 3.71. The summed E-state index contributed by atoms with van der Waals surface area (Å²) in [6, 6.07) is 16.2. The normalized spacial score (nSPS) is 10.3. The molecule has 3 aromatic rings. The van der Waals surface area contributed by atoms with Crippen molar-refractivity contribution >= 4 is 34.4 Å². The fourth-order valence-electron chi connectivity index (χ4n) is 2.67. The van der Waals surface area contributed by atoms with Gasteiger partial charge < -0.3 is 11.1 Å². The third kappa shape index (κ3) is 3.51. The Balaban J connectivity index is 2.28. The minimum absolute atomic E-state index is 0.237. The first kappa shape index (κ1) is 17.1. The predicted octanol–water partition coefficient (Wildman–Crippen LogP) is 2.48. The van der Waals surface area contributed by atoms with Crippen molar-refractivity contribution in [2.75, 3.05) is 5.32 Å². The number of fused-ring (bicyclic) bond motifs is 1. The van der Waals surface area contributed by atoms with Gasteiger partial charge in [-0.15, -0.1) is 0 Å². The van der Waals surface area contributed by atoms with Crippen molar-refractivity contribution in [1.82, 2.24) is 10.3 Å². The number of para-hydroxylation sites is 1. The molecule has 0 bridgehead atoms. The molecule has 2 aromatic carbocycles. The second-order valence-electron chi connectivity index (χ2n) is 5.67. The first-order valence-electron chi connectivity index (χ1n) is 7.88. The van der Waals surface area contributed by atoms with E-state index in [-0.39, 0.29) is 5.91 Å². The van der Waals surface area contributed by atoms with Gasteiger partial charge in [-0.25, -0.2) is 4.98 Å². The molecular formula is C19H17N5O2. The summed E-state index contributed by atoms with van der Waals surface area (Å²) >= 11 is 0. The minimum Gasteiger partial charge on any atom is -0.370 e. The van der Waals surface area contributed by atoms with Gasteiger partial charge in [-0.05, 0) is 12.1 Å². The maximum Gasteiger partial charge on any atom is 0.258 e. The van der Waals surface area contributed by atoms with Crippen molar-refractivity contribution in [2.24, 2.45) is 5.73 Å². The molecule has 0 aliphatic carbocycles. The first-order chi connectivity index (χ1) is 12.5. The van der Waals surface area contributed by atoms with E-state index in [9.17, 15) is 9.59 Å². The highest BCUT2D eigenvalue weighted by atomic mass is 16.2. The molecule has 5 N–H and O–H groups in total. The van der Waals surface area contributed by atoms with Crippen LogP contribution >= 0.6 is 0 Å². The fraction of sp³-hybridized carbons (Fsp3) is 0.0526. The molecule has 1 heterocycles. The van der Waals surface area contributed by atoms with Crippen molar-refractivity contribution in [3.05, 3.63) is 60.2 Å². The number of nitrogens with two attached hydrogens (primary N) is 1. The zero-order valence-electron chi connectivity index (χ0n) is 14.0. The summed E-state index contributed by atoms with van der Waals surface area (Å²) in [5, 5.41) is 12.9. The zero-order valence-corrected chi connectivity index (χ0v) is 14.0. The monoisotopic (exact) mass is 347 g/mol. The molecule has 7 heteroatoms. The molecule has 0 saturated heterocycles. The number of carbonyl (C=O) groups excluding carboxylic acids is 2. The first-order valence-corrected chi connectivity index (χ1v) is 7.88. The number of amides is 2. The van der Waals surface area contributed by atoms with Crippen molar-refractivity contribution in [1.29, 1.82) is 5.41 Å². The highest BCUT2D eigenvalue weighted by Crippen LogP contribution is 2.29. The van der Waals surface area contributed by atoms with E-state index in [2.05, 4.69) is 15.6 Å². The van der Waals surface area contributed by atoms with Crippen LogP contribution in [-0.4, -0.2) is 22.8 Å². The Bertz CT molecular complexity index is 1020. The van der Waals surface area contributed by atoms with Crippen LogP contribution in [0.25, 0.3) is 22.2 Å². The van der Waals surface area contributed by atoms with Gasteiger partial charge in [0.15, 0.2) is 5.96 Å². The number of benzene rings is 2. The van der Waals surface area contributed by atoms with Crippen LogP contribution in [0.3, 0.4) is 0 Å². The van der Waals surface area contributed by atoms with Crippen molar-refractivity contribution in [3.8, 4) is 11.3 Å². The van der Waals surface area contributed by atoms with Crippen LogP contribution < -0.4 is 16.4 Å². The summed E-state index contributed by atoms with van der Waals surface area (Å²) in [4.78, 5) is 28.7. The molecule has 7 nitrogen and oxygen atoms in total. The van der Waals surface area contributed by atoms with Crippen molar-refractivity contribution < 1.29 is 9.59 Å². The van der Waals surface area contributed by atoms with Gasteiger partial charge in [0.25, 0.3) is 5.91 Å². The van der Waals surface area contributed by atoms with Gasteiger partial charge in [-0.3, -0.25) is 20.3 Å². The quantitative estimate of drug-likeness (QED) is 0.429. The molecule has 130 valence electrons. The van der Waals surface area contributed by atoms with E-state index in [1.807, 2.05) is 30.3 Å². The molecule has 0 radical (unpaired) electrons. The number of nitrogens with zero attached hydrogens (tertiary/aromatic N) is 1. The van der Waals surface area contributed by atoms with Crippen LogP contribution in [0.2, 0.25) is 0 Å². The van der Waals surface area contributed by atoms with Crippen LogP contribution in [0.5, 0.6) is 0 Å². The Morgan fingerprint density at radius 1 is 1.08 bits per heavy atom. The Labute approximate surface area is 149 Å². The van der Waals surface area contributed by atoms with Crippen LogP contribution in [-0.2, 0) is 4.79 Å². The lowest BCUT2D eigenvalue weighted by Crippen LogP contribution is -2.35. The van der Waals surface area contributed by atoms with E-state index < -0.39 is 11.9 Å². The molecule has 2 amide bonds. The summed E-state index contributed by atoms with van der Waals surface area (Å²) in [5.74, 6) is -1.19. The molecule has 0 spiro atoms. The van der Waals surface area contributed by atoms with Crippen LogP contribution in [0.4, 0.5) is 5.69 Å². The molecule has 1 aromatic heterocycles. The summed E-state index contributed by atoms with van der Waals surface area (Å²) in [5.41, 5.74) is 8.00. The molecule has 0 atom stereocenters. The van der Waals surface area contributed by atoms with Gasteiger partial charge >= 0.3 is 0 Å². The fourth-order valence-corrected chi connectivity index (χ4v) is 2.67. The smallest absolute Gasteiger partial charge is 0.258 e. The number of hydrogen-bond donors (Lipinski definition) is 4. The number of pyridine rings is 1. The van der Waals surface area contributed by atoms with Crippen LogP contribution in [0.1, 0.15) is 17.3 Å². The van der Waals surface area contributed by atoms with Gasteiger partial charge in [0, 0.05) is 17.9 Å². The highest BCUT2D eigenvalue weighted by Gasteiger charge is 2.16. The summed E-state index contributed by atoms with van der Waals surface area (Å²) < 4.78 is 0. The molecule has 0 saturated carbocycles. The van der Waals surface area contributed by atoms with Crippen molar-refractivity contribution in [2.45, 2.75) is 6.92 Å². The van der Waals surface area contributed by atoms with E-state index in [0.29, 0.717) is 27.8 Å². The number of hydrogen-bond acceptors (Lipinski definition) is 4. The second-order valence-corrected chi connectivity index (χ2v) is 5.67.